The maximum absolute atomic E-state index is 5.57. The van der Waals surface area contributed by atoms with Gasteiger partial charge in [0.2, 0.25) is 0 Å². The van der Waals surface area contributed by atoms with Crippen LogP contribution in [0.2, 0.25) is 0 Å². The van der Waals surface area contributed by atoms with Crippen LogP contribution in [0.4, 0.5) is 0 Å². The first-order valence-electron chi connectivity index (χ1n) is 3.29. The lowest BCUT2D eigenvalue weighted by Gasteiger charge is -1.94. The molecule has 0 fully saturated rings. The fraction of sp³-hybridized carbons (Fsp3) is 0.500. The summed E-state index contributed by atoms with van der Waals surface area (Å²) in [5, 5.41) is 0. The minimum atomic E-state index is 0.936. The van der Waals surface area contributed by atoms with Crippen LogP contribution >= 0.6 is 0 Å². The van der Waals surface area contributed by atoms with Gasteiger partial charge in [-0.15, -0.1) is 0 Å². The Labute approximate surface area is 57.3 Å². The van der Waals surface area contributed by atoms with Gasteiger partial charge >= 0.3 is 0 Å². The average Bonchev–Trinajstić information content (AvgIpc) is 1.87. The van der Waals surface area contributed by atoms with E-state index in [0.29, 0.717) is 0 Å². The first-order valence-corrected chi connectivity index (χ1v) is 3.29. The number of hydrogen-bond donors (Lipinski definition) is 1. The molecule has 0 unspecified atom stereocenters. The Hall–Kier alpha value is -0.720. The molecule has 0 saturated heterocycles. The second kappa shape index (κ2) is 4.19. The molecule has 0 heterocycles. The van der Waals surface area contributed by atoms with E-state index in [1.165, 1.54) is 5.57 Å². The Balaban J connectivity index is 3.95. The van der Waals surface area contributed by atoms with Crippen LogP contribution in [-0.2, 0) is 0 Å². The number of allylic oxidation sites excluding steroid dienone is 4. The second-order valence-corrected chi connectivity index (χ2v) is 2.11. The van der Waals surface area contributed by atoms with E-state index in [2.05, 4.69) is 6.92 Å². The molecule has 0 atom stereocenters. The number of nitrogens with two attached hydrogens (primary N) is 1. The van der Waals surface area contributed by atoms with Gasteiger partial charge in [-0.2, -0.15) is 0 Å². The zero-order valence-corrected chi connectivity index (χ0v) is 6.44. The lowest BCUT2D eigenvalue weighted by molar-refractivity contribution is 1.06. The Bertz CT molecular complexity index is 132. The standard InChI is InChI=1S/C8H15N/c1-4-7(3)6-8(9)5-2/h4,6H,5,9H2,1-3H3/b7-4-,8-6-. The van der Waals surface area contributed by atoms with Gasteiger partial charge < -0.3 is 5.73 Å². The van der Waals surface area contributed by atoms with Crippen LogP contribution in [0, 0.1) is 0 Å². The van der Waals surface area contributed by atoms with Gasteiger partial charge in [-0.1, -0.05) is 18.6 Å². The molecular weight excluding hydrogens is 110 g/mol. The van der Waals surface area contributed by atoms with E-state index in [-0.39, 0.29) is 0 Å². The summed E-state index contributed by atoms with van der Waals surface area (Å²) in [6.45, 7) is 6.10. The molecule has 1 heteroatoms. The molecule has 0 aromatic rings. The fourth-order valence-electron chi connectivity index (χ4n) is 0.478. The summed E-state index contributed by atoms with van der Waals surface area (Å²) in [5.41, 5.74) is 7.75. The summed E-state index contributed by atoms with van der Waals surface area (Å²) in [4.78, 5) is 0. The fourth-order valence-corrected chi connectivity index (χ4v) is 0.478. The molecule has 52 valence electrons. The predicted molar refractivity (Wildman–Crippen MR) is 42.0 cm³/mol. The zero-order chi connectivity index (χ0) is 7.28. The van der Waals surface area contributed by atoms with E-state index in [1.54, 1.807) is 0 Å². The molecule has 0 aromatic heterocycles. The van der Waals surface area contributed by atoms with Gasteiger partial charge in [-0.05, 0) is 26.3 Å². The first-order chi connectivity index (χ1) is 4.20. The molecule has 0 aliphatic rings. The molecule has 0 aliphatic carbocycles. The summed E-state index contributed by atoms with van der Waals surface area (Å²) in [7, 11) is 0. The van der Waals surface area contributed by atoms with Crippen LogP contribution in [0.25, 0.3) is 0 Å². The van der Waals surface area contributed by atoms with E-state index < -0.39 is 0 Å². The van der Waals surface area contributed by atoms with E-state index in [1.807, 2.05) is 26.0 Å². The van der Waals surface area contributed by atoms with Gasteiger partial charge in [0.25, 0.3) is 0 Å². The molecule has 9 heavy (non-hydrogen) atoms. The number of hydrogen-bond acceptors (Lipinski definition) is 1. The van der Waals surface area contributed by atoms with Gasteiger partial charge in [-0.3, -0.25) is 0 Å². The molecule has 2 N–H and O–H groups in total. The lowest BCUT2D eigenvalue weighted by Crippen LogP contribution is -1.94. The van der Waals surface area contributed by atoms with Crippen LogP contribution in [-0.4, -0.2) is 0 Å². The van der Waals surface area contributed by atoms with Crippen LogP contribution < -0.4 is 5.73 Å². The second-order valence-electron chi connectivity index (χ2n) is 2.11. The zero-order valence-electron chi connectivity index (χ0n) is 6.44. The van der Waals surface area contributed by atoms with Gasteiger partial charge in [-0.25, -0.2) is 0 Å². The maximum Gasteiger partial charge on any atom is 0.00802 e. The molecule has 0 bridgehead atoms. The normalized spacial score (nSPS) is 14.1. The van der Waals surface area contributed by atoms with Crippen LogP contribution in [0.5, 0.6) is 0 Å². The molecule has 0 radical (unpaired) electrons. The summed E-state index contributed by atoms with van der Waals surface area (Å²) < 4.78 is 0. The van der Waals surface area contributed by atoms with Crippen molar-refractivity contribution >= 4 is 0 Å². The Morgan fingerprint density at radius 1 is 1.56 bits per heavy atom. The largest absolute Gasteiger partial charge is 0.402 e. The van der Waals surface area contributed by atoms with E-state index in [4.69, 9.17) is 5.73 Å². The van der Waals surface area contributed by atoms with Crippen molar-refractivity contribution in [3.63, 3.8) is 0 Å². The van der Waals surface area contributed by atoms with Crippen molar-refractivity contribution in [1.82, 2.24) is 0 Å². The van der Waals surface area contributed by atoms with Crippen LogP contribution in [0.3, 0.4) is 0 Å². The van der Waals surface area contributed by atoms with Crippen molar-refractivity contribution in [3.8, 4) is 0 Å². The van der Waals surface area contributed by atoms with Crippen molar-refractivity contribution in [3.05, 3.63) is 23.4 Å². The van der Waals surface area contributed by atoms with Crippen LogP contribution in [0.1, 0.15) is 27.2 Å². The first kappa shape index (κ1) is 8.28. The summed E-state index contributed by atoms with van der Waals surface area (Å²) in [6.07, 6.45) is 4.98. The molecule has 0 aromatic carbocycles. The molecule has 0 saturated carbocycles. The van der Waals surface area contributed by atoms with E-state index >= 15 is 0 Å². The highest BCUT2D eigenvalue weighted by atomic mass is 14.6. The monoisotopic (exact) mass is 125 g/mol. The van der Waals surface area contributed by atoms with Crippen molar-refractivity contribution < 1.29 is 0 Å². The Kier molecular flexibility index (Phi) is 3.85. The molecule has 0 amide bonds. The number of rotatable bonds is 2. The minimum Gasteiger partial charge on any atom is -0.402 e. The van der Waals surface area contributed by atoms with Crippen molar-refractivity contribution in [2.24, 2.45) is 5.73 Å². The summed E-state index contributed by atoms with van der Waals surface area (Å²) >= 11 is 0. The van der Waals surface area contributed by atoms with Crippen LogP contribution in [0.15, 0.2) is 23.4 Å². The Morgan fingerprint density at radius 3 is 2.44 bits per heavy atom. The Morgan fingerprint density at radius 2 is 2.11 bits per heavy atom. The molecule has 0 rings (SSSR count). The molecule has 0 spiro atoms. The average molecular weight is 125 g/mol. The van der Waals surface area contributed by atoms with Crippen molar-refractivity contribution in [2.75, 3.05) is 0 Å². The lowest BCUT2D eigenvalue weighted by atomic mass is 10.2. The predicted octanol–water partition coefficient (Wildman–Crippen LogP) is 2.21. The quantitative estimate of drug-likeness (QED) is 0.562. The van der Waals surface area contributed by atoms with E-state index in [0.717, 1.165) is 12.1 Å². The van der Waals surface area contributed by atoms with Gasteiger partial charge in [0, 0.05) is 5.70 Å². The van der Waals surface area contributed by atoms with Gasteiger partial charge in [0.1, 0.15) is 0 Å². The molecule has 0 aliphatic heterocycles. The third-order valence-corrected chi connectivity index (χ3v) is 1.28. The highest BCUT2D eigenvalue weighted by molar-refractivity contribution is 5.18. The molecular formula is C8H15N. The summed E-state index contributed by atoms with van der Waals surface area (Å²) in [6, 6.07) is 0. The highest BCUT2D eigenvalue weighted by Crippen LogP contribution is 1.98. The topological polar surface area (TPSA) is 26.0 Å². The van der Waals surface area contributed by atoms with Crippen molar-refractivity contribution in [1.29, 1.82) is 0 Å². The van der Waals surface area contributed by atoms with Gasteiger partial charge in [0.15, 0.2) is 0 Å². The SMILES string of the molecule is C/C=C(C)\C=C(/N)CC. The van der Waals surface area contributed by atoms with E-state index in [9.17, 15) is 0 Å². The smallest absolute Gasteiger partial charge is 0.00802 e. The minimum absolute atomic E-state index is 0.936. The van der Waals surface area contributed by atoms with Crippen molar-refractivity contribution in [2.45, 2.75) is 27.2 Å². The highest BCUT2D eigenvalue weighted by Gasteiger charge is 1.83. The third kappa shape index (κ3) is 3.83. The summed E-state index contributed by atoms with van der Waals surface area (Å²) in [5.74, 6) is 0. The maximum atomic E-state index is 5.57. The van der Waals surface area contributed by atoms with Gasteiger partial charge in [0.05, 0.1) is 0 Å². The third-order valence-electron chi connectivity index (χ3n) is 1.28. The molecule has 1 nitrogen and oxygen atoms in total.